The van der Waals surface area contributed by atoms with Gasteiger partial charge in [-0.05, 0) is 19.3 Å². The molecule has 0 radical (unpaired) electrons. The van der Waals surface area contributed by atoms with Crippen molar-refractivity contribution in [3.05, 3.63) is 0 Å². The Kier molecular flexibility index (Phi) is 3.02. The van der Waals surface area contributed by atoms with E-state index < -0.39 is 0 Å². The number of methoxy groups -OCH3 is 1. The first-order chi connectivity index (χ1) is 5.27. The van der Waals surface area contributed by atoms with E-state index in [4.69, 9.17) is 4.74 Å². The number of carbonyl (C=O) groups excluding carboxylic acids is 1. The molecule has 0 aromatic rings. The third-order valence-corrected chi connectivity index (χ3v) is 2.29. The Bertz CT molecular complexity index is 135. The fourth-order valence-corrected chi connectivity index (χ4v) is 1.52. The van der Waals surface area contributed by atoms with Gasteiger partial charge in [-0.2, -0.15) is 0 Å². The number of ether oxygens (including phenoxy) is 1. The van der Waals surface area contributed by atoms with E-state index >= 15 is 0 Å². The molecule has 0 spiro atoms. The maximum atomic E-state index is 10.4. The number of carbonyl (C=O) groups is 1. The first kappa shape index (κ1) is 8.68. The van der Waals surface area contributed by atoms with Crippen LogP contribution in [0.1, 0.15) is 19.3 Å². The van der Waals surface area contributed by atoms with Crippen molar-refractivity contribution in [3.63, 3.8) is 0 Å². The van der Waals surface area contributed by atoms with Gasteiger partial charge < -0.3 is 14.6 Å². The van der Waals surface area contributed by atoms with Gasteiger partial charge in [0.25, 0.3) is 0 Å². The lowest BCUT2D eigenvalue weighted by Gasteiger charge is -2.29. The van der Waals surface area contributed by atoms with Gasteiger partial charge in [0.1, 0.15) is 6.29 Å². The number of hydrogen-bond donors (Lipinski definition) is 1. The second kappa shape index (κ2) is 3.83. The topological polar surface area (TPSA) is 46.5 Å². The molecule has 1 saturated carbocycles. The van der Waals surface area contributed by atoms with Gasteiger partial charge in [0.15, 0.2) is 0 Å². The Balaban J connectivity index is 2.43. The number of aliphatic hydroxyl groups excluding tert-OH is 1. The molecule has 0 amide bonds. The van der Waals surface area contributed by atoms with Crippen LogP contribution in [-0.2, 0) is 9.53 Å². The Morgan fingerprint density at radius 2 is 2.27 bits per heavy atom. The lowest BCUT2D eigenvalue weighted by molar-refractivity contribution is -0.116. The summed E-state index contributed by atoms with van der Waals surface area (Å²) < 4.78 is 5.03. The van der Waals surface area contributed by atoms with E-state index in [2.05, 4.69) is 0 Å². The van der Waals surface area contributed by atoms with Crippen LogP contribution in [0.25, 0.3) is 0 Å². The number of rotatable bonds is 2. The number of aliphatic hydroxyl groups is 1. The largest absolute Gasteiger partial charge is 0.390 e. The number of aldehydes is 1. The molecule has 0 bridgehead atoms. The van der Waals surface area contributed by atoms with Crippen molar-refractivity contribution in [1.29, 1.82) is 0 Å². The molecule has 1 rings (SSSR count). The summed E-state index contributed by atoms with van der Waals surface area (Å²) in [5.74, 6) is 0.0864. The molecule has 0 aromatic carbocycles. The molecule has 11 heavy (non-hydrogen) atoms. The smallest absolute Gasteiger partial charge is 0.123 e. The van der Waals surface area contributed by atoms with Crippen LogP contribution >= 0.6 is 0 Å². The third kappa shape index (κ3) is 2.01. The van der Waals surface area contributed by atoms with Gasteiger partial charge in [-0.25, -0.2) is 0 Å². The van der Waals surface area contributed by atoms with Crippen LogP contribution in [0.4, 0.5) is 0 Å². The van der Waals surface area contributed by atoms with Gasteiger partial charge in [-0.1, -0.05) is 0 Å². The molecule has 1 fully saturated rings. The van der Waals surface area contributed by atoms with Gasteiger partial charge in [-0.15, -0.1) is 0 Å². The third-order valence-electron chi connectivity index (χ3n) is 2.29. The summed E-state index contributed by atoms with van der Waals surface area (Å²) in [7, 11) is 1.57. The minimum atomic E-state index is -0.379. The molecule has 1 N–H and O–H groups in total. The van der Waals surface area contributed by atoms with Gasteiger partial charge in [-0.3, -0.25) is 0 Å². The van der Waals surface area contributed by atoms with Crippen molar-refractivity contribution in [1.82, 2.24) is 0 Å². The molecule has 1 aliphatic rings. The van der Waals surface area contributed by atoms with E-state index in [1.807, 2.05) is 0 Å². The normalized spacial score (nSPS) is 38.5. The van der Waals surface area contributed by atoms with Crippen molar-refractivity contribution in [3.8, 4) is 0 Å². The van der Waals surface area contributed by atoms with Gasteiger partial charge in [0, 0.05) is 13.0 Å². The molecule has 0 heterocycles. The maximum absolute atomic E-state index is 10.4. The molecular formula is C8H14O3. The zero-order chi connectivity index (χ0) is 8.27. The SMILES string of the molecule is CO[C@@H]1C[C@H](C=O)CC[C@H]1O. The molecule has 0 unspecified atom stereocenters. The monoisotopic (exact) mass is 158 g/mol. The van der Waals surface area contributed by atoms with Crippen molar-refractivity contribution in [2.75, 3.05) is 7.11 Å². The Morgan fingerprint density at radius 3 is 2.82 bits per heavy atom. The zero-order valence-corrected chi connectivity index (χ0v) is 6.69. The molecule has 3 nitrogen and oxygen atoms in total. The summed E-state index contributed by atoms with van der Waals surface area (Å²) in [5, 5.41) is 9.34. The summed E-state index contributed by atoms with van der Waals surface area (Å²) in [6, 6.07) is 0. The Hall–Kier alpha value is -0.410. The summed E-state index contributed by atoms with van der Waals surface area (Å²) >= 11 is 0. The number of hydrogen-bond acceptors (Lipinski definition) is 3. The second-order valence-corrected chi connectivity index (χ2v) is 3.05. The van der Waals surface area contributed by atoms with E-state index in [9.17, 15) is 9.90 Å². The summed E-state index contributed by atoms with van der Waals surface area (Å²) in [5.41, 5.74) is 0. The fourth-order valence-electron chi connectivity index (χ4n) is 1.52. The minimum absolute atomic E-state index is 0.0864. The molecular weight excluding hydrogens is 144 g/mol. The highest BCUT2D eigenvalue weighted by molar-refractivity contribution is 5.53. The average molecular weight is 158 g/mol. The van der Waals surface area contributed by atoms with E-state index in [-0.39, 0.29) is 18.1 Å². The highest BCUT2D eigenvalue weighted by atomic mass is 16.5. The van der Waals surface area contributed by atoms with Crippen LogP contribution in [0.5, 0.6) is 0 Å². The zero-order valence-electron chi connectivity index (χ0n) is 6.69. The van der Waals surface area contributed by atoms with Crippen molar-refractivity contribution >= 4 is 6.29 Å². The van der Waals surface area contributed by atoms with E-state index in [0.29, 0.717) is 12.8 Å². The molecule has 3 heteroatoms. The first-order valence-electron chi connectivity index (χ1n) is 3.94. The second-order valence-electron chi connectivity index (χ2n) is 3.05. The Labute approximate surface area is 66.4 Å². The Morgan fingerprint density at radius 1 is 1.55 bits per heavy atom. The van der Waals surface area contributed by atoms with Gasteiger partial charge in [0.2, 0.25) is 0 Å². The maximum Gasteiger partial charge on any atom is 0.123 e. The minimum Gasteiger partial charge on any atom is -0.390 e. The standard InChI is InChI=1S/C8H14O3/c1-11-8-4-6(5-9)2-3-7(8)10/h5-8,10H,2-4H2,1H3/t6-,7-,8-/m1/s1. The lowest BCUT2D eigenvalue weighted by atomic mass is 9.86. The highest BCUT2D eigenvalue weighted by Gasteiger charge is 2.28. The molecule has 3 atom stereocenters. The van der Waals surface area contributed by atoms with Crippen molar-refractivity contribution in [2.24, 2.45) is 5.92 Å². The van der Waals surface area contributed by atoms with Crippen molar-refractivity contribution < 1.29 is 14.6 Å². The molecule has 0 saturated heterocycles. The molecule has 64 valence electrons. The molecule has 1 aliphatic carbocycles. The van der Waals surface area contributed by atoms with Gasteiger partial charge >= 0.3 is 0 Å². The fraction of sp³-hybridized carbons (Fsp3) is 0.875. The lowest BCUT2D eigenvalue weighted by Crippen LogP contribution is -2.35. The first-order valence-corrected chi connectivity index (χ1v) is 3.94. The van der Waals surface area contributed by atoms with Gasteiger partial charge in [0.05, 0.1) is 12.2 Å². The van der Waals surface area contributed by atoms with E-state index in [1.54, 1.807) is 7.11 Å². The average Bonchev–Trinajstić information content (AvgIpc) is 2.05. The molecule has 0 aliphatic heterocycles. The quantitative estimate of drug-likeness (QED) is 0.590. The van der Waals surface area contributed by atoms with Crippen LogP contribution in [0.3, 0.4) is 0 Å². The molecule has 0 aromatic heterocycles. The van der Waals surface area contributed by atoms with Crippen molar-refractivity contribution in [2.45, 2.75) is 31.5 Å². The van der Waals surface area contributed by atoms with Crippen LogP contribution in [0.2, 0.25) is 0 Å². The summed E-state index contributed by atoms with van der Waals surface area (Å²) in [6.07, 6.45) is 2.58. The highest BCUT2D eigenvalue weighted by Crippen LogP contribution is 2.24. The van der Waals surface area contributed by atoms with Crippen LogP contribution < -0.4 is 0 Å². The predicted molar refractivity (Wildman–Crippen MR) is 40.2 cm³/mol. The predicted octanol–water partition coefficient (Wildman–Crippen LogP) is 0.361. The van der Waals surface area contributed by atoms with Crippen LogP contribution in [0, 0.1) is 5.92 Å². The van der Waals surface area contributed by atoms with Crippen LogP contribution in [-0.4, -0.2) is 30.7 Å². The van der Waals surface area contributed by atoms with E-state index in [1.165, 1.54) is 0 Å². The van der Waals surface area contributed by atoms with Crippen LogP contribution in [0.15, 0.2) is 0 Å². The summed E-state index contributed by atoms with van der Waals surface area (Å²) in [6.45, 7) is 0. The van der Waals surface area contributed by atoms with E-state index in [0.717, 1.165) is 12.7 Å². The summed E-state index contributed by atoms with van der Waals surface area (Å²) in [4.78, 5) is 10.4.